The molecule has 3 aromatic carbocycles. The minimum absolute atomic E-state index is 0.836. The summed E-state index contributed by atoms with van der Waals surface area (Å²) in [4.78, 5) is 0. The van der Waals surface area contributed by atoms with Gasteiger partial charge < -0.3 is 9.47 Å². The van der Waals surface area contributed by atoms with Crippen molar-refractivity contribution in [2.75, 3.05) is 14.2 Å². The second-order valence-corrected chi connectivity index (χ2v) is 5.66. The van der Waals surface area contributed by atoms with Gasteiger partial charge in [-0.15, -0.1) is 0 Å². The van der Waals surface area contributed by atoms with Gasteiger partial charge in [-0.05, 0) is 48.5 Å². The lowest BCUT2D eigenvalue weighted by Crippen LogP contribution is -2.29. The van der Waals surface area contributed by atoms with Crippen molar-refractivity contribution in [3.05, 3.63) is 79.1 Å². The van der Waals surface area contributed by atoms with Crippen molar-refractivity contribution in [3.63, 3.8) is 0 Å². The SMILES string of the molecule is COc1ccc(-n2[c-][n+](-c3ccc(OC)cc3)c3ccccc32)cc1. The van der Waals surface area contributed by atoms with E-state index in [0.717, 1.165) is 33.9 Å². The number of nitrogens with zero attached hydrogens (tertiary/aromatic N) is 2. The van der Waals surface area contributed by atoms with E-state index in [1.165, 1.54) is 0 Å². The van der Waals surface area contributed by atoms with Gasteiger partial charge in [0.2, 0.25) is 0 Å². The van der Waals surface area contributed by atoms with Gasteiger partial charge in [0.05, 0.1) is 36.6 Å². The summed E-state index contributed by atoms with van der Waals surface area (Å²) in [5, 5.41) is 0. The molecule has 0 atom stereocenters. The Morgan fingerprint density at radius 2 is 1.36 bits per heavy atom. The third-order valence-corrected chi connectivity index (χ3v) is 4.22. The average molecular weight is 330 g/mol. The highest BCUT2D eigenvalue weighted by molar-refractivity contribution is 5.74. The zero-order valence-electron chi connectivity index (χ0n) is 14.1. The molecule has 0 N–H and O–H groups in total. The van der Waals surface area contributed by atoms with Crippen LogP contribution in [0, 0.1) is 6.33 Å². The first-order valence-electron chi connectivity index (χ1n) is 8.04. The number of rotatable bonds is 4. The Kier molecular flexibility index (Phi) is 3.86. The normalized spacial score (nSPS) is 10.8. The Balaban J connectivity index is 1.88. The summed E-state index contributed by atoms with van der Waals surface area (Å²) in [6.45, 7) is 0. The predicted molar refractivity (Wildman–Crippen MR) is 96.7 cm³/mol. The molecule has 0 amide bonds. The zero-order valence-corrected chi connectivity index (χ0v) is 14.1. The predicted octanol–water partition coefficient (Wildman–Crippen LogP) is 3.72. The van der Waals surface area contributed by atoms with Crippen LogP contribution in [0.5, 0.6) is 11.5 Å². The highest BCUT2D eigenvalue weighted by atomic mass is 16.5. The third kappa shape index (κ3) is 2.72. The van der Waals surface area contributed by atoms with Crippen LogP contribution in [0.1, 0.15) is 0 Å². The van der Waals surface area contributed by atoms with Gasteiger partial charge in [0.15, 0.2) is 0 Å². The van der Waals surface area contributed by atoms with Crippen molar-refractivity contribution in [1.29, 1.82) is 0 Å². The Morgan fingerprint density at radius 3 is 2.00 bits per heavy atom. The topological polar surface area (TPSA) is 27.3 Å². The maximum Gasteiger partial charge on any atom is 0.269 e. The molecule has 0 saturated carbocycles. The second kappa shape index (κ2) is 6.32. The second-order valence-electron chi connectivity index (χ2n) is 5.66. The molecule has 4 aromatic rings. The van der Waals surface area contributed by atoms with Crippen LogP contribution < -0.4 is 14.0 Å². The van der Waals surface area contributed by atoms with Crippen LogP contribution in [0.25, 0.3) is 22.4 Å². The van der Waals surface area contributed by atoms with Crippen molar-refractivity contribution >= 4 is 11.0 Å². The number of para-hydroxylation sites is 2. The standard InChI is InChI=1S/C21H18N2O2/c1-24-18-11-7-16(8-12-18)22-15-23(21-6-4-3-5-20(21)22)17-9-13-19(25-2)14-10-17/h3-14H,1-2H3. The van der Waals surface area contributed by atoms with E-state index in [4.69, 9.17) is 9.47 Å². The molecule has 4 heteroatoms. The van der Waals surface area contributed by atoms with Crippen molar-refractivity contribution in [3.8, 4) is 22.9 Å². The zero-order chi connectivity index (χ0) is 17.2. The van der Waals surface area contributed by atoms with Gasteiger partial charge in [-0.1, -0.05) is 24.3 Å². The molecule has 0 unspecified atom stereocenters. The van der Waals surface area contributed by atoms with Crippen LogP contribution in [-0.4, -0.2) is 18.8 Å². The summed E-state index contributed by atoms with van der Waals surface area (Å²) in [6, 6.07) is 24.2. The number of methoxy groups -OCH3 is 2. The number of imidazole rings is 1. The molecular formula is C21H18N2O2. The van der Waals surface area contributed by atoms with E-state index in [0.29, 0.717) is 0 Å². The van der Waals surface area contributed by atoms with Gasteiger partial charge in [-0.25, -0.2) is 0 Å². The van der Waals surface area contributed by atoms with Crippen LogP contribution in [0.4, 0.5) is 0 Å². The number of aromatic nitrogens is 2. The Morgan fingerprint density at radius 1 is 0.760 bits per heavy atom. The lowest BCUT2D eigenvalue weighted by atomic mass is 10.2. The molecule has 25 heavy (non-hydrogen) atoms. The fraction of sp³-hybridized carbons (Fsp3) is 0.0952. The summed E-state index contributed by atoms with van der Waals surface area (Å²) in [6.07, 6.45) is 3.45. The lowest BCUT2D eigenvalue weighted by Gasteiger charge is -2.05. The first-order valence-corrected chi connectivity index (χ1v) is 8.04. The number of hydrogen-bond acceptors (Lipinski definition) is 2. The van der Waals surface area contributed by atoms with Crippen molar-refractivity contribution in [2.45, 2.75) is 0 Å². The van der Waals surface area contributed by atoms with Crippen LogP contribution in [-0.2, 0) is 0 Å². The first-order chi connectivity index (χ1) is 12.3. The smallest absolute Gasteiger partial charge is 0.269 e. The summed E-state index contributed by atoms with van der Waals surface area (Å²) < 4.78 is 14.6. The minimum atomic E-state index is 0.836. The van der Waals surface area contributed by atoms with Gasteiger partial charge in [0.1, 0.15) is 11.5 Å². The largest absolute Gasteiger partial charge is 0.497 e. The fourth-order valence-electron chi connectivity index (χ4n) is 2.91. The van der Waals surface area contributed by atoms with Gasteiger partial charge in [0.25, 0.3) is 6.33 Å². The van der Waals surface area contributed by atoms with E-state index in [1.807, 2.05) is 60.7 Å². The van der Waals surface area contributed by atoms with E-state index in [-0.39, 0.29) is 0 Å². The van der Waals surface area contributed by atoms with Gasteiger partial charge in [-0.2, -0.15) is 0 Å². The van der Waals surface area contributed by atoms with E-state index in [1.54, 1.807) is 14.2 Å². The molecule has 0 radical (unpaired) electrons. The molecule has 0 aliphatic carbocycles. The molecule has 0 saturated heterocycles. The number of benzene rings is 3. The first kappa shape index (κ1) is 15.3. The quantitative estimate of drug-likeness (QED) is 0.421. The number of hydrogen-bond donors (Lipinski definition) is 0. The maximum atomic E-state index is 5.25. The summed E-state index contributed by atoms with van der Waals surface area (Å²) >= 11 is 0. The number of fused-ring (bicyclic) bond motifs is 1. The molecule has 0 aliphatic rings. The molecular weight excluding hydrogens is 312 g/mol. The van der Waals surface area contributed by atoms with E-state index < -0.39 is 0 Å². The molecule has 0 bridgehead atoms. The molecule has 0 spiro atoms. The van der Waals surface area contributed by atoms with E-state index in [9.17, 15) is 0 Å². The summed E-state index contributed by atoms with van der Waals surface area (Å²) in [5.41, 5.74) is 4.24. The number of ether oxygens (including phenoxy) is 2. The van der Waals surface area contributed by atoms with Crippen LogP contribution in [0.3, 0.4) is 0 Å². The fourth-order valence-corrected chi connectivity index (χ4v) is 2.91. The summed E-state index contributed by atoms with van der Waals surface area (Å²) in [7, 11) is 3.34. The van der Waals surface area contributed by atoms with Crippen molar-refractivity contribution < 1.29 is 14.0 Å². The molecule has 1 heterocycles. The Labute approximate surface area is 146 Å². The molecule has 0 aliphatic heterocycles. The lowest BCUT2D eigenvalue weighted by molar-refractivity contribution is -0.572. The highest BCUT2D eigenvalue weighted by Gasteiger charge is 2.11. The molecule has 4 nitrogen and oxygen atoms in total. The van der Waals surface area contributed by atoms with Crippen LogP contribution >= 0.6 is 0 Å². The van der Waals surface area contributed by atoms with E-state index >= 15 is 0 Å². The molecule has 0 fully saturated rings. The minimum Gasteiger partial charge on any atom is -0.497 e. The third-order valence-electron chi connectivity index (χ3n) is 4.22. The van der Waals surface area contributed by atoms with Crippen LogP contribution in [0.2, 0.25) is 0 Å². The highest BCUT2D eigenvalue weighted by Crippen LogP contribution is 2.21. The average Bonchev–Trinajstić information content (AvgIpc) is 3.08. The monoisotopic (exact) mass is 330 g/mol. The maximum absolute atomic E-state index is 5.25. The molecule has 4 rings (SSSR count). The molecule has 1 aromatic heterocycles. The van der Waals surface area contributed by atoms with E-state index in [2.05, 4.69) is 27.6 Å². The Bertz CT molecular complexity index is 921. The Hall–Kier alpha value is -3.27. The van der Waals surface area contributed by atoms with Crippen molar-refractivity contribution in [1.82, 2.24) is 4.57 Å². The van der Waals surface area contributed by atoms with Gasteiger partial charge in [-0.3, -0.25) is 9.13 Å². The van der Waals surface area contributed by atoms with Crippen molar-refractivity contribution in [2.24, 2.45) is 0 Å². The van der Waals surface area contributed by atoms with Crippen LogP contribution in [0.15, 0.2) is 72.8 Å². The summed E-state index contributed by atoms with van der Waals surface area (Å²) in [5.74, 6) is 1.67. The van der Waals surface area contributed by atoms with Gasteiger partial charge in [0, 0.05) is 0 Å². The van der Waals surface area contributed by atoms with Gasteiger partial charge >= 0.3 is 0 Å². The molecule has 124 valence electrons.